The number of hydrogen-bond acceptors (Lipinski definition) is 2. The van der Waals surface area contributed by atoms with Crippen LogP contribution in [0.2, 0.25) is 0 Å². The molecule has 0 aliphatic heterocycles. The van der Waals surface area contributed by atoms with Crippen molar-refractivity contribution in [1.82, 2.24) is 0 Å². The van der Waals surface area contributed by atoms with Gasteiger partial charge in [-0.05, 0) is 203 Å². The van der Waals surface area contributed by atoms with Crippen LogP contribution in [0.4, 0.5) is 34.1 Å². The minimum atomic E-state index is 1.11. The Balaban J connectivity index is 1.12. The van der Waals surface area contributed by atoms with E-state index in [2.05, 4.69) is 282 Å². The summed E-state index contributed by atoms with van der Waals surface area (Å²) in [5, 5.41) is 7.36. The molecule has 0 amide bonds. The van der Waals surface area contributed by atoms with Crippen LogP contribution in [0.25, 0.3) is 76.8 Å². The van der Waals surface area contributed by atoms with Crippen molar-refractivity contribution in [2.24, 2.45) is 0 Å². The molecule has 0 aromatic heterocycles. The van der Waals surface area contributed by atoms with Crippen molar-refractivity contribution >= 4 is 66.4 Å². The minimum Gasteiger partial charge on any atom is -0.310 e. The van der Waals surface area contributed by atoms with Crippen LogP contribution in [0.15, 0.2) is 231 Å². The lowest BCUT2D eigenvalue weighted by atomic mass is 9.91. The molecule has 0 aliphatic carbocycles. The third kappa shape index (κ3) is 8.35. The topological polar surface area (TPSA) is 6.48 Å². The molecule has 0 radical (unpaired) electrons. The van der Waals surface area contributed by atoms with E-state index >= 15 is 0 Å². The van der Waals surface area contributed by atoms with Gasteiger partial charge in [-0.25, -0.2) is 0 Å². The summed E-state index contributed by atoms with van der Waals surface area (Å²) < 4.78 is 0. The summed E-state index contributed by atoms with van der Waals surface area (Å²) in [6.45, 7) is 13.1. The van der Waals surface area contributed by atoms with E-state index in [9.17, 15) is 0 Å². The second-order valence-electron chi connectivity index (χ2n) is 20.0. The van der Waals surface area contributed by atoms with Crippen LogP contribution in [-0.2, 0) is 0 Å². The Morgan fingerprint density at radius 1 is 0.222 bits per heavy atom. The molecule has 12 aromatic rings. The maximum absolute atomic E-state index is 2.50. The Hall–Kier alpha value is -8.72. The summed E-state index contributed by atoms with van der Waals surface area (Å²) in [4.78, 5) is 5.00. The van der Waals surface area contributed by atoms with Crippen molar-refractivity contribution in [1.29, 1.82) is 0 Å². The number of hydrogen-bond donors (Lipinski definition) is 0. The summed E-state index contributed by atoms with van der Waals surface area (Å²) in [5.74, 6) is 0. The molecular formula is C70H56N2. The van der Waals surface area contributed by atoms with Gasteiger partial charge in [-0.2, -0.15) is 0 Å². The van der Waals surface area contributed by atoms with Crippen LogP contribution in [0.5, 0.6) is 0 Å². The molecular weight excluding hydrogens is 869 g/mol. The fourth-order valence-corrected chi connectivity index (χ4v) is 11.1. The van der Waals surface area contributed by atoms with Gasteiger partial charge >= 0.3 is 0 Å². The van der Waals surface area contributed by atoms with Crippen molar-refractivity contribution in [3.05, 3.63) is 264 Å². The maximum atomic E-state index is 2.50. The number of nitrogens with zero attached hydrogens (tertiary/aromatic N) is 2. The number of anilines is 6. The smallest absolute Gasteiger partial charge is 0.0540 e. The molecule has 0 heterocycles. The average molecular weight is 925 g/mol. The van der Waals surface area contributed by atoms with Gasteiger partial charge in [0, 0.05) is 33.5 Å². The molecule has 0 N–H and O–H groups in total. The molecule has 72 heavy (non-hydrogen) atoms. The van der Waals surface area contributed by atoms with Crippen LogP contribution in [-0.4, -0.2) is 0 Å². The van der Waals surface area contributed by atoms with Crippen molar-refractivity contribution in [2.45, 2.75) is 41.5 Å². The van der Waals surface area contributed by atoms with Gasteiger partial charge in [-0.3, -0.25) is 0 Å². The number of benzene rings is 12. The second-order valence-corrected chi connectivity index (χ2v) is 20.0. The molecule has 0 bridgehead atoms. The standard InChI is InChI=1S/C70H56N2/c1-45-17-21-53(22-18-45)59-39-57(51-13-9-7-10-14-51)41-63(43-59)71(61-35-47(3)33-48(4)36-61)67-31-27-55-26-30-66-68(32-28-56-25-29-65(67)69(55)70(56)66)72(62-37-49(5)34-50(6)38-62)64-42-58(52-15-11-8-12-16-52)40-60(44-64)54-23-19-46(2)20-24-54/h7-44H,1-6H3. The highest BCUT2D eigenvalue weighted by Crippen LogP contribution is 2.49. The Labute approximate surface area is 424 Å². The predicted octanol–water partition coefficient (Wildman–Crippen LogP) is 20.0. The Morgan fingerprint density at radius 3 is 0.875 bits per heavy atom. The second kappa shape index (κ2) is 18.2. The largest absolute Gasteiger partial charge is 0.310 e. The lowest BCUT2D eigenvalue weighted by molar-refractivity contribution is 1.26. The van der Waals surface area contributed by atoms with Gasteiger partial charge in [0.1, 0.15) is 0 Å². The number of aryl methyl sites for hydroxylation is 6. The third-order valence-corrected chi connectivity index (χ3v) is 14.4. The quantitative estimate of drug-likeness (QED) is 0.126. The molecule has 2 heteroatoms. The van der Waals surface area contributed by atoms with Crippen molar-refractivity contribution in [3.63, 3.8) is 0 Å². The van der Waals surface area contributed by atoms with Gasteiger partial charge in [0.15, 0.2) is 0 Å². The van der Waals surface area contributed by atoms with Gasteiger partial charge in [0.05, 0.1) is 11.4 Å². The molecule has 0 aliphatic rings. The minimum absolute atomic E-state index is 1.11. The zero-order valence-electron chi connectivity index (χ0n) is 41.8. The first kappa shape index (κ1) is 44.5. The average Bonchev–Trinajstić information content (AvgIpc) is 3.39. The molecule has 0 saturated carbocycles. The fraction of sp³-hybridized carbons (Fsp3) is 0.0857. The Morgan fingerprint density at radius 2 is 0.528 bits per heavy atom. The fourth-order valence-electron chi connectivity index (χ4n) is 11.1. The normalized spacial score (nSPS) is 11.5. The van der Waals surface area contributed by atoms with Gasteiger partial charge in [-0.15, -0.1) is 0 Å². The highest BCUT2D eigenvalue weighted by atomic mass is 15.2. The van der Waals surface area contributed by atoms with E-state index in [0.29, 0.717) is 0 Å². The van der Waals surface area contributed by atoms with Crippen LogP contribution in [0, 0.1) is 41.5 Å². The molecule has 0 saturated heterocycles. The van der Waals surface area contributed by atoms with E-state index in [1.54, 1.807) is 0 Å². The molecule has 2 nitrogen and oxygen atoms in total. The van der Waals surface area contributed by atoms with E-state index in [1.165, 1.54) is 110 Å². The van der Waals surface area contributed by atoms with Crippen LogP contribution in [0.3, 0.4) is 0 Å². The molecule has 0 unspecified atom stereocenters. The third-order valence-electron chi connectivity index (χ3n) is 14.4. The monoisotopic (exact) mass is 924 g/mol. The molecule has 0 atom stereocenters. The van der Waals surface area contributed by atoms with Gasteiger partial charge in [-0.1, -0.05) is 169 Å². The van der Waals surface area contributed by atoms with Gasteiger partial charge in [0.25, 0.3) is 0 Å². The van der Waals surface area contributed by atoms with Crippen molar-refractivity contribution < 1.29 is 0 Å². The summed E-state index contributed by atoms with van der Waals surface area (Å²) >= 11 is 0. The van der Waals surface area contributed by atoms with E-state index in [-0.39, 0.29) is 0 Å². The highest BCUT2D eigenvalue weighted by Gasteiger charge is 2.24. The lowest BCUT2D eigenvalue weighted by Gasteiger charge is -2.31. The van der Waals surface area contributed by atoms with E-state index in [4.69, 9.17) is 0 Å². The summed E-state index contributed by atoms with van der Waals surface area (Å²) in [6, 6.07) is 86.2. The lowest BCUT2D eigenvalue weighted by Crippen LogP contribution is -2.12. The van der Waals surface area contributed by atoms with Gasteiger partial charge < -0.3 is 9.80 Å². The van der Waals surface area contributed by atoms with E-state index in [1.807, 2.05) is 0 Å². The van der Waals surface area contributed by atoms with Crippen molar-refractivity contribution in [3.8, 4) is 44.5 Å². The molecule has 0 fully saturated rings. The first-order valence-corrected chi connectivity index (χ1v) is 25.1. The van der Waals surface area contributed by atoms with E-state index in [0.717, 1.165) is 34.1 Å². The predicted molar refractivity (Wildman–Crippen MR) is 310 cm³/mol. The van der Waals surface area contributed by atoms with Crippen LogP contribution in [0.1, 0.15) is 33.4 Å². The maximum Gasteiger partial charge on any atom is 0.0540 e. The molecule has 346 valence electrons. The molecule has 12 rings (SSSR count). The van der Waals surface area contributed by atoms with E-state index < -0.39 is 0 Å². The molecule has 0 spiro atoms. The van der Waals surface area contributed by atoms with Crippen molar-refractivity contribution in [2.75, 3.05) is 9.80 Å². The Bertz CT molecular complexity index is 3660. The summed E-state index contributed by atoms with van der Waals surface area (Å²) in [7, 11) is 0. The summed E-state index contributed by atoms with van der Waals surface area (Å²) in [6.07, 6.45) is 0. The summed E-state index contributed by atoms with van der Waals surface area (Å²) in [5.41, 5.74) is 23.6. The zero-order chi connectivity index (χ0) is 49.0. The first-order valence-electron chi connectivity index (χ1n) is 25.1. The zero-order valence-corrected chi connectivity index (χ0v) is 41.8. The highest BCUT2D eigenvalue weighted by molar-refractivity contribution is 6.28. The van der Waals surface area contributed by atoms with Crippen LogP contribution < -0.4 is 9.80 Å². The SMILES string of the molecule is Cc1ccc(-c2cc(-c3ccccc3)cc(N(c3cc(C)cc(C)c3)c3ccc4ccc5c(N(c6cc(C)cc(C)c6)c6cc(-c7ccccc7)cc(-c7ccc(C)cc7)c6)ccc6ccc3c4c65)c2)cc1. The van der Waals surface area contributed by atoms with Crippen LogP contribution >= 0.6 is 0 Å². The number of rotatable bonds is 10. The first-order chi connectivity index (χ1) is 35.1. The van der Waals surface area contributed by atoms with Gasteiger partial charge in [0.2, 0.25) is 0 Å². The Kier molecular flexibility index (Phi) is 11.3. The molecule has 12 aromatic carbocycles.